The summed E-state index contributed by atoms with van der Waals surface area (Å²) in [5.74, 6) is 0.321. The lowest BCUT2D eigenvalue weighted by Gasteiger charge is -2.18. The molecular weight excluding hydrogens is 292 g/mol. The van der Waals surface area contributed by atoms with Gasteiger partial charge in [0.1, 0.15) is 0 Å². The van der Waals surface area contributed by atoms with Gasteiger partial charge in [-0.05, 0) is 30.3 Å². The molecule has 116 valence electrons. The molecule has 2 aromatic carbocycles. The van der Waals surface area contributed by atoms with Crippen molar-refractivity contribution in [3.8, 4) is 11.5 Å². The minimum atomic E-state index is -0.0981. The van der Waals surface area contributed by atoms with E-state index in [-0.39, 0.29) is 12.5 Å². The number of hydrogen-bond acceptors (Lipinski definition) is 5. The summed E-state index contributed by atoms with van der Waals surface area (Å²) in [6.45, 7) is 0.259. The van der Waals surface area contributed by atoms with Crippen LogP contribution in [-0.4, -0.2) is 29.7 Å². The van der Waals surface area contributed by atoms with Gasteiger partial charge in [0.2, 0.25) is 18.2 Å². The number of nitrogens with one attached hydrogen (secondary N) is 1. The number of rotatable bonds is 5. The summed E-state index contributed by atoms with van der Waals surface area (Å²) in [4.78, 5) is 14.1. The SMILES string of the molecule is CN(CC(=O)Nc1cccc(-c2nnco2)c1)c1ccccc1. The zero-order valence-corrected chi connectivity index (χ0v) is 12.6. The molecule has 6 heteroatoms. The Morgan fingerprint density at radius 2 is 2.00 bits per heavy atom. The molecule has 0 aliphatic heterocycles. The fourth-order valence-electron chi connectivity index (χ4n) is 2.22. The summed E-state index contributed by atoms with van der Waals surface area (Å²) in [7, 11) is 1.88. The number of benzene rings is 2. The van der Waals surface area contributed by atoms with E-state index in [1.165, 1.54) is 6.39 Å². The first kappa shape index (κ1) is 14.8. The third-order valence-corrected chi connectivity index (χ3v) is 3.33. The number of para-hydroxylation sites is 1. The van der Waals surface area contributed by atoms with Gasteiger partial charge in [-0.2, -0.15) is 0 Å². The molecule has 1 N–H and O–H groups in total. The van der Waals surface area contributed by atoms with E-state index in [2.05, 4.69) is 15.5 Å². The highest BCUT2D eigenvalue weighted by Crippen LogP contribution is 2.20. The molecule has 0 atom stereocenters. The van der Waals surface area contributed by atoms with Gasteiger partial charge in [0.15, 0.2) is 0 Å². The van der Waals surface area contributed by atoms with Crippen LogP contribution in [0.25, 0.3) is 11.5 Å². The Morgan fingerprint density at radius 3 is 2.74 bits per heavy atom. The molecule has 3 aromatic rings. The van der Waals surface area contributed by atoms with Crippen molar-refractivity contribution >= 4 is 17.3 Å². The predicted octanol–water partition coefficient (Wildman–Crippen LogP) is 2.81. The Balaban J connectivity index is 1.65. The molecule has 0 spiro atoms. The molecule has 0 saturated heterocycles. The summed E-state index contributed by atoms with van der Waals surface area (Å²) >= 11 is 0. The van der Waals surface area contributed by atoms with Gasteiger partial charge in [-0.1, -0.05) is 24.3 Å². The Labute approximate surface area is 133 Å². The number of hydrogen-bond donors (Lipinski definition) is 1. The summed E-state index contributed by atoms with van der Waals surface area (Å²) < 4.78 is 5.16. The van der Waals surface area contributed by atoms with Crippen molar-refractivity contribution in [3.63, 3.8) is 0 Å². The van der Waals surface area contributed by atoms with Gasteiger partial charge in [0, 0.05) is 24.0 Å². The number of anilines is 2. The normalized spacial score (nSPS) is 10.3. The summed E-state index contributed by atoms with van der Waals surface area (Å²) in [6, 6.07) is 17.0. The van der Waals surface area contributed by atoms with E-state index in [9.17, 15) is 4.79 Å². The van der Waals surface area contributed by atoms with Crippen LogP contribution in [0, 0.1) is 0 Å². The van der Waals surface area contributed by atoms with E-state index >= 15 is 0 Å². The second-order valence-electron chi connectivity index (χ2n) is 5.06. The number of carbonyl (C=O) groups is 1. The van der Waals surface area contributed by atoms with Crippen LogP contribution in [0.2, 0.25) is 0 Å². The van der Waals surface area contributed by atoms with Crippen LogP contribution >= 0.6 is 0 Å². The van der Waals surface area contributed by atoms with Gasteiger partial charge in [-0.15, -0.1) is 10.2 Å². The van der Waals surface area contributed by atoms with Crippen LogP contribution in [0.1, 0.15) is 0 Å². The minimum Gasteiger partial charge on any atom is -0.423 e. The van der Waals surface area contributed by atoms with Gasteiger partial charge in [0.25, 0.3) is 0 Å². The third-order valence-electron chi connectivity index (χ3n) is 3.33. The molecule has 0 aliphatic carbocycles. The van der Waals surface area contributed by atoms with Crippen molar-refractivity contribution in [2.75, 3.05) is 23.8 Å². The molecular formula is C17H16N4O2. The number of amides is 1. The summed E-state index contributed by atoms with van der Waals surface area (Å²) in [6.07, 6.45) is 1.27. The molecule has 6 nitrogen and oxygen atoms in total. The lowest BCUT2D eigenvalue weighted by molar-refractivity contribution is -0.114. The van der Waals surface area contributed by atoms with E-state index in [1.807, 2.05) is 60.5 Å². The van der Waals surface area contributed by atoms with Gasteiger partial charge >= 0.3 is 0 Å². The number of nitrogens with zero attached hydrogens (tertiary/aromatic N) is 3. The highest BCUT2D eigenvalue weighted by molar-refractivity contribution is 5.94. The highest BCUT2D eigenvalue weighted by atomic mass is 16.4. The zero-order valence-electron chi connectivity index (χ0n) is 12.6. The molecule has 1 heterocycles. The highest BCUT2D eigenvalue weighted by Gasteiger charge is 2.09. The molecule has 3 rings (SSSR count). The standard InChI is InChI=1S/C17H16N4O2/c1-21(15-8-3-2-4-9-15)11-16(22)19-14-7-5-6-13(10-14)17-20-18-12-23-17/h2-10,12H,11H2,1H3,(H,19,22). The first-order valence-corrected chi connectivity index (χ1v) is 7.15. The van der Waals surface area contributed by atoms with E-state index in [0.717, 1.165) is 11.3 Å². The van der Waals surface area contributed by atoms with Crippen molar-refractivity contribution < 1.29 is 9.21 Å². The van der Waals surface area contributed by atoms with Crippen molar-refractivity contribution in [2.24, 2.45) is 0 Å². The summed E-state index contributed by atoms with van der Waals surface area (Å²) in [5.41, 5.74) is 2.44. The Hall–Kier alpha value is -3.15. The predicted molar refractivity (Wildman–Crippen MR) is 88.1 cm³/mol. The fourth-order valence-corrected chi connectivity index (χ4v) is 2.22. The number of likely N-dealkylation sites (N-methyl/N-ethyl adjacent to an activating group) is 1. The number of carbonyl (C=O) groups excluding carboxylic acids is 1. The molecule has 23 heavy (non-hydrogen) atoms. The maximum absolute atomic E-state index is 12.2. The first-order valence-electron chi connectivity index (χ1n) is 7.15. The largest absolute Gasteiger partial charge is 0.423 e. The average Bonchev–Trinajstić information content (AvgIpc) is 3.10. The van der Waals surface area contributed by atoms with Crippen LogP contribution in [-0.2, 0) is 4.79 Å². The first-order chi connectivity index (χ1) is 11.2. The van der Waals surface area contributed by atoms with E-state index in [0.29, 0.717) is 11.6 Å². The smallest absolute Gasteiger partial charge is 0.247 e. The monoisotopic (exact) mass is 308 g/mol. The molecule has 1 aromatic heterocycles. The second-order valence-corrected chi connectivity index (χ2v) is 5.06. The van der Waals surface area contributed by atoms with Crippen molar-refractivity contribution in [1.29, 1.82) is 0 Å². The topological polar surface area (TPSA) is 71.3 Å². The van der Waals surface area contributed by atoms with Gasteiger partial charge in [-0.3, -0.25) is 4.79 Å². The second kappa shape index (κ2) is 6.74. The van der Waals surface area contributed by atoms with E-state index < -0.39 is 0 Å². The molecule has 0 aliphatic rings. The quantitative estimate of drug-likeness (QED) is 0.784. The van der Waals surface area contributed by atoms with Crippen LogP contribution in [0.5, 0.6) is 0 Å². The molecule has 0 saturated carbocycles. The van der Waals surface area contributed by atoms with Crippen LogP contribution in [0.4, 0.5) is 11.4 Å². The average molecular weight is 308 g/mol. The van der Waals surface area contributed by atoms with Crippen molar-refractivity contribution in [3.05, 3.63) is 61.0 Å². The van der Waals surface area contributed by atoms with Crippen molar-refractivity contribution in [1.82, 2.24) is 10.2 Å². The summed E-state index contributed by atoms with van der Waals surface area (Å²) in [5, 5.41) is 10.4. The van der Waals surface area contributed by atoms with Crippen LogP contribution in [0.3, 0.4) is 0 Å². The minimum absolute atomic E-state index is 0.0981. The molecule has 1 amide bonds. The molecule has 0 fully saturated rings. The van der Waals surface area contributed by atoms with E-state index in [1.54, 1.807) is 6.07 Å². The molecule has 0 radical (unpaired) electrons. The number of aromatic nitrogens is 2. The maximum Gasteiger partial charge on any atom is 0.247 e. The zero-order chi connectivity index (χ0) is 16.1. The van der Waals surface area contributed by atoms with Gasteiger partial charge < -0.3 is 14.6 Å². The van der Waals surface area contributed by atoms with Gasteiger partial charge in [-0.25, -0.2) is 0 Å². The van der Waals surface area contributed by atoms with Crippen molar-refractivity contribution in [2.45, 2.75) is 0 Å². The third kappa shape index (κ3) is 3.74. The Kier molecular flexibility index (Phi) is 4.33. The maximum atomic E-state index is 12.2. The fraction of sp³-hybridized carbons (Fsp3) is 0.118. The Morgan fingerprint density at radius 1 is 1.17 bits per heavy atom. The van der Waals surface area contributed by atoms with Crippen LogP contribution in [0.15, 0.2) is 65.4 Å². The van der Waals surface area contributed by atoms with E-state index in [4.69, 9.17) is 4.42 Å². The van der Waals surface area contributed by atoms with Crippen LogP contribution < -0.4 is 10.2 Å². The van der Waals surface area contributed by atoms with Gasteiger partial charge in [0.05, 0.1) is 6.54 Å². The lowest BCUT2D eigenvalue weighted by Crippen LogP contribution is -2.29. The molecule has 0 bridgehead atoms. The molecule has 0 unspecified atom stereocenters. The lowest BCUT2D eigenvalue weighted by atomic mass is 10.2. The Bertz CT molecular complexity index is 772.